The van der Waals surface area contributed by atoms with E-state index in [9.17, 15) is 20.4 Å². The molecule has 0 bridgehead atoms. The lowest BCUT2D eigenvalue weighted by atomic mass is 10.1. The molecule has 0 aliphatic heterocycles. The van der Waals surface area contributed by atoms with Crippen molar-refractivity contribution in [3.63, 3.8) is 0 Å². The maximum absolute atomic E-state index is 9.78. The number of nitrogens with one attached hydrogen (secondary N) is 1. The minimum absolute atomic E-state index is 0.0785. The van der Waals surface area contributed by atoms with Crippen LogP contribution in [-0.2, 0) is 0 Å². The quantitative estimate of drug-likeness (QED) is 0.409. The van der Waals surface area contributed by atoms with Gasteiger partial charge >= 0.3 is 0 Å². The van der Waals surface area contributed by atoms with Gasteiger partial charge < -0.3 is 25.4 Å². The Morgan fingerprint density at radius 2 is 1.41 bits per heavy atom. The van der Waals surface area contributed by atoms with Crippen molar-refractivity contribution >= 4 is 21.8 Å². The first-order valence-electron chi connectivity index (χ1n) is 4.95. The van der Waals surface area contributed by atoms with Crippen molar-refractivity contribution in [2.24, 2.45) is 0 Å². The fourth-order valence-electron chi connectivity index (χ4n) is 2.07. The monoisotopic (exact) mass is 231 g/mol. The lowest BCUT2D eigenvalue weighted by molar-refractivity contribution is 0.454. The van der Waals surface area contributed by atoms with Crippen molar-refractivity contribution in [3.05, 3.63) is 24.3 Å². The van der Waals surface area contributed by atoms with E-state index < -0.39 is 0 Å². The van der Waals surface area contributed by atoms with E-state index >= 15 is 0 Å². The summed E-state index contributed by atoms with van der Waals surface area (Å²) >= 11 is 0. The Kier molecular flexibility index (Phi) is 1.69. The van der Waals surface area contributed by atoms with Crippen LogP contribution in [0.3, 0.4) is 0 Å². The summed E-state index contributed by atoms with van der Waals surface area (Å²) in [6.07, 6.45) is 0. The second-order valence-electron chi connectivity index (χ2n) is 3.90. The number of aromatic nitrogens is 1. The van der Waals surface area contributed by atoms with Gasteiger partial charge in [-0.2, -0.15) is 0 Å². The Hall–Kier alpha value is -2.56. The van der Waals surface area contributed by atoms with Gasteiger partial charge in [-0.15, -0.1) is 0 Å². The SMILES string of the molecule is Oc1cc(O)c2c(c1)[nH]c1c(O)cc(O)cc12. The Balaban J connectivity index is 2.60. The molecule has 0 unspecified atom stereocenters. The summed E-state index contributed by atoms with van der Waals surface area (Å²) in [5.74, 6) is -0.403. The highest BCUT2D eigenvalue weighted by molar-refractivity contribution is 6.12. The zero-order valence-electron chi connectivity index (χ0n) is 8.60. The van der Waals surface area contributed by atoms with Crippen LogP contribution in [0.5, 0.6) is 23.0 Å². The highest BCUT2D eigenvalue weighted by Gasteiger charge is 2.13. The molecule has 5 N–H and O–H groups in total. The van der Waals surface area contributed by atoms with Crippen LogP contribution in [0.1, 0.15) is 0 Å². The molecule has 0 amide bonds. The first-order valence-corrected chi connectivity index (χ1v) is 4.95. The molecule has 0 aliphatic rings. The van der Waals surface area contributed by atoms with E-state index in [-0.39, 0.29) is 23.0 Å². The second-order valence-corrected chi connectivity index (χ2v) is 3.90. The average molecular weight is 231 g/mol. The highest BCUT2D eigenvalue weighted by atomic mass is 16.3. The van der Waals surface area contributed by atoms with E-state index in [1.807, 2.05) is 0 Å². The van der Waals surface area contributed by atoms with Crippen molar-refractivity contribution in [3.8, 4) is 23.0 Å². The molecule has 0 atom stereocenters. The molecule has 0 spiro atoms. The zero-order valence-corrected chi connectivity index (χ0v) is 8.60. The van der Waals surface area contributed by atoms with Crippen LogP contribution < -0.4 is 0 Å². The van der Waals surface area contributed by atoms with Crippen LogP contribution in [0.25, 0.3) is 21.8 Å². The Labute approximate surface area is 95.2 Å². The minimum atomic E-state index is -0.116. The molecule has 5 nitrogen and oxygen atoms in total. The standard InChI is InChI=1S/C12H9NO4/c14-5-1-7-11-8(2-6(15)3-9(11)16)13-12(7)10(17)4-5/h1-4,13-17H. The molecule has 1 heterocycles. The number of rotatable bonds is 0. The number of fused-ring (bicyclic) bond motifs is 3. The third-order valence-corrected chi connectivity index (χ3v) is 2.73. The van der Waals surface area contributed by atoms with Crippen LogP contribution in [0.15, 0.2) is 24.3 Å². The van der Waals surface area contributed by atoms with E-state index in [4.69, 9.17) is 0 Å². The van der Waals surface area contributed by atoms with Crippen LogP contribution in [0.4, 0.5) is 0 Å². The van der Waals surface area contributed by atoms with Crippen molar-refractivity contribution in [1.82, 2.24) is 4.98 Å². The molecule has 3 aromatic rings. The number of aromatic amines is 1. The predicted octanol–water partition coefficient (Wildman–Crippen LogP) is 2.14. The van der Waals surface area contributed by atoms with Gasteiger partial charge in [-0.3, -0.25) is 0 Å². The first-order chi connectivity index (χ1) is 8.06. The van der Waals surface area contributed by atoms with Crippen LogP contribution in [0.2, 0.25) is 0 Å². The molecule has 2 aromatic carbocycles. The number of hydrogen-bond donors (Lipinski definition) is 5. The van der Waals surface area contributed by atoms with Gasteiger partial charge in [-0.05, 0) is 6.07 Å². The Morgan fingerprint density at radius 3 is 2.18 bits per heavy atom. The molecule has 1 aromatic heterocycles. The molecule has 0 saturated heterocycles. The second kappa shape index (κ2) is 2.98. The third-order valence-electron chi connectivity index (χ3n) is 2.73. The van der Waals surface area contributed by atoms with Gasteiger partial charge in [-0.1, -0.05) is 0 Å². The summed E-state index contributed by atoms with van der Waals surface area (Å²) in [5, 5.41) is 39.2. The summed E-state index contributed by atoms with van der Waals surface area (Å²) in [7, 11) is 0. The highest BCUT2D eigenvalue weighted by Crippen LogP contribution is 2.40. The first kappa shape index (κ1) is 9.65. The van der Waals surface area contributed by atoms with Crippen LogP contribution in [0, 0.1) is 0 Å². The van der Waals surface area contributed by atoms with E-state index in [2.05, 4.69) is 4.98 Å². The molecule has 0 aliphatic carbocycles. The molecule has 86 valence electrons. The van der Waals surface area contributed by atoms with Gasteiger partial charge in [0.1, 0.15) is 23.0 Å². The largest absolute Gasteiger partial charge is 0.508 e. The molecule has 0 saturated carbocycles. The van der Waals surface area contributed by atoms with Gasteiger partial charge in [0.25, 0.3) is 0 Å². The van der Waals surface area contributed by atoms with Gasteiger partial charge in [0, 0.05) is 29.0 Å². The maximum atomic E-state index is 9.78. The summed E-state index contributed by atoms with van der Waals surface area (Å²) in [4.78, 5) is 2.87. The van der Waals surface area contributed by atoms with Crippen LogP contribution >= 0.6 is 0 Å². The van der Waals surface area contributed by atoms with E-state index in [0.29, 0.717) is 21.8 Å². The normalized spacial score (nSPS) is 11.3. The summed E-state index contributed by atoms with van der Waals surface area (Å²) in [6.45, 7) is 0. The fraction of sp³-hybridized carbons (Fsp3) is 0. The van der Waals surface area contributed by atoms with E-state index in [1.165, 1.54) is 24.3 Å². The van der Waals surface area contributed by atoms with E-state index in [1.54, 1.807) is 0 Å². The van der Waals surface area contributed by atoms with Crippen molar-refractivity contribution in [2.75, 3.05) is 0 Å². The van der Waals surface area contributed by atoms with Gasteiger partial charge in [-0.25, -0.2) is 0 Å². The smallest absolute Gasteiger partial charge is 0.143 e. The average Bonchev–Trinajstić information content (AvgIpc) is 2.56. The van der Waals surface area contributed by atoms with Crippen molar-refractivity contribution in [2.45, 2.75) is 0 Å². The molecule has 0 fully saturated rings. The molecule has 0 radical (unpaired) electrons. The number of phenolic OH excluding ortho intramolecular Hbond substituents is 4. The number of hydrogen-bond acceptors (Lipinski definition) is 4. The molecular weight excluding hydrogens is 222 g/mol. The summed E-state index contributed by atoms with van der Waals surface area (Å²) in [5.41, 5.74) is 0.886. The predicted molar refractivity (Wildman–Crippen MR) is 62.5 cm³/mol. The van der Waals surface area contributed by atoms with E-state index in [0.717, 1.165) is 0 Å². The van der Waals surface area contributed by atoms with Gasteiger partial charge in [0.2, 0.25) is 0 Å². The zero-order chi connectivity index (χ0) is 12.2. The molecule has 3 rings (SSSR count). The lowest BCUT2D eigenvalue weighted by Crippen LogP contribution is -1.71. The van der Waals surface area contributed by atoms with Gasteiger partial charge in [0.15, 0.2) is 0 Å². The number of H-pyrrole nitrogens is 1. The van der Waals surface area contributed by atoms with Gasteiger partial charge in [0.05, 0.1) is 11.0 Å². The Bertz CT molecular complexity index is 745. The lowest BCUT2D eigenvalue weighted by Gasteiger charge is -1.99. The third kappa shape index (κ3) is 1.25. The molecular formula is C12H9NO4. The number of benzene rings is 2. The number of phenols is 4. The van der Waals surface area contributed by atoms with Crippen molar-refractivity contribution < 1.29 is 20.4 Å². The Morgan fingerprint density at radius 1 is 0.765 bits per heavy atom. The summed E-state index contributed by atoms with van der Waals surface area (Å²) < 4.78 is 0. The molecule has 17 heavy (non-hydrogen) atoms. The fourth-order valence-corrected chi connectivity index (χ4v) is 2.07. The maximum Gasteiger partial charge on any atom is 0.143 e. The minimum Gasteiger partial charge on any atom is -0.508 e. The topological polar surface area (TPSA) is 96.7 Å². The van der Waals surface area contributed by atoms with Crippen molar-refractivity contribution in [1.29, 1.82) is 0 Å². The summed E-state index contributed by atoms with van der Waals surface area (Å²) in [6, 6.07) is 5.28. The molecule has 5 heteroatoms. The van der Waals surface area contributed by atoms with Crippen LogP contribution in [-0.4, -0.2) is 25.4 Å². The number of aromatic hydroxyl groups is 4.